The quantitative estimate of drug-likeness (QED) is 0.494. The van der Waals surface area contributed by atoms with Gasteiger partial charge in [-0.15, -0.1) is 5.10 Å². The van der Waals surface area contributed by atoms with Crippen molar-refractivity contribution in [3.63, 3.8) is 0 Å². The van der Waals surface area contributed by atoms with Crippen LogP contribution in [0.15, 0.2) is 58.1 Å². The Hall–Kier alpha value is -3.68. The second-order valence-corrected chi connectivity index (χ2v) is 8.83. The highest BCUT2D eigenvalue weighted by Crippen LogP contribution is 2.18. The van der Waals surface area contributed by atoms with Gasteiger partial charge in [0.1, 0.15) is 0 Å². The summed E-state index contributed by atoms with van der Waals surface area (Å²) in [6.07, 6.45) is 4.44. The monoisotopic (exact) mass is 445 g/mol. The van der Waals surface area contributed by atoms with E-state index >= 15 is 0 Å². The van der Waals surface area contributed by atoms with E-state index in [0.717, 1.165) is 36.8 Å². The number of rotatable bonds is 6. The summed E-state index contributed by atoms with van der Waals surface area (Å²) in [7, 11) is 0. The van der Waals surface area contributed by atoms with Crippen LogP contribution in [0.25, 0.3) is 16.7 Å². The van der Waals surface area contributed by atoms with Gasteiger partial charge in [0.2, 0.25) is 11.7 Å². The molecule has 0 aliphatic heterocycles. The van der Waals surface area contributed by atoms with Crippen LogP contribution in [0, 0.1) is 6.92 Å². The summed E-state index contributed by atoms with van der Waals surface area (Å²) in [4.78, 5) is 39.1. The van der Waals surface area contributed by atoms with Gasteiger partial charge < -0.3 is 5.32 Å². The first kappa shape index (κ1) is 21.2. The number of nitrogens with zero attached hydrogens (tertiary/aromatic N) is 4. The number of benzene rings is 2. The maximum Gasteiger partial charge on any atom is 0.352 e. The van der Waals surface area contributed by atoms with Crippen LogP contribution in [0.2, 0.25) is 0 Å². The molecule has 0 atom stereocenters. The van der Waals surface area contributed by atoms with Crippen LogP contribution in [0.5, 0.6) is 0 Å². The fraction of sp³-hybridized carbons (Fsp3) is 0.360. The number of amides is 1. The van der Waals surface area contributed by atoms with Crippen molar-refractivity contribution in [2.45, 2.75) is 58.2 Å². The summed E-state index contributed by atoms with van der Waals surface area (Å²) in [6, 6.07) is 15.2. The van der Waals surface area contributed by atoms with Crippen molar-refractivity contribution in [3.05, 3.63) is 80.5 Å². The molecule has 0 spiro atoms. The summed E-state index contributed by atoms with van der Waals surface area (Å²) in [6.45, 7) is 2.47. The lowest BCUT2D eigenvalue weighted by molar-refractivity contribution is -0.121. The van der Waals surface area contributed by atoms with Gasteiger partial charge in [-0.1, -0.05) is 54.8 Å². The average molecular weight is 446 g/mol. The Balaban J connectivity index is 1.54. The molecule has 2 aromatic heterocycles. The summed E-state index contributed by atoms with van der Waals surface area (Å²) in [5, 5.41) is 8.01. The zero-order valence-electron chi connectivity index (χ0n) is 18.7. The SMILES string of the molecule is Cc1ccc(Cn2nc3n(CCC(=O)NC4CCCC4)c(=O)c4ccccc4n3c2=O)cc1. The topological polar surface area (TPSA) is 90.4 Å². The lowest BCUT2D eigenvalue weighted by Gasteiger charge is -2.13. The predicted octanol–water partition coefficient (Wildman–Crippen LogP) is 2.62. The molecule has 0 bridgehead atoms. The van der Waals surface area contributed by atoms with E-state index in [-0.39, 0.29) is 41.9 Å². The molecule has 0 unspecified atom stereocenters. The molecule has 4 aromatic rings. The van der Waals surface area contributed by atoms with E-state index in [1.165, 1.54) is 13.6 Å². The molecule has 170 valence electrons. The Morgan fingerprint density at radius 1 is 1.06 bits per heavy atom. The van der Waals surface area contributed by atoms with E-state index in [9.17, 15) is 14.4 Å². The number of fused-ring (bicyclic) bond motifs is 3. The number of hydrogen-bond donors (Lipinski definition) is 1. The number of carbonyl (C=O) groups excluding carboxylic acids is 1. The molecule has 5 rings (SSSR count). The minimum Gasteiger partial charge on any atom is -0.353 e. The van der Waals surface area contributed by atoms with Crippen molar-refractivity contribution in [1.82, 2.24) is 24.1 Å². The highest BCUT2D eigenvalue weighted by Gasteiger charge is 2.20. The van der Waals surface area contributed by atoms with Gasteiger partial charge in [0.25, 0.3) is 5.56 Å². The largest absolute Gasteiger partial charge is 0.353 e. The normalized spacial score (nSPS) is 14.3. The third-order valence-electron chi connectivity index (χ3n) is 6.42. The first-order chi connectivity index (χ1) is 16.0. The molecule has 0 saturated heterocycles. The Labute approximate surface area is 190 Å². The first-order valence-electron chi connectivity index (χ1n) is 11.5. The van der Waals surface area contributed by atoms with E-state index in [2.05, 4.69) is 10.4 Å². The van der Waals surface area contributed by atoms with Gasteiger partial charge in [0.05, 0.1) is 17.4 Å². The summed E-state index contributed by atoms with van der Waals surface area (Å²) < 4.78 is 4.30. The number of para-hydroxylation sites is 1. The Morgan fingerprint density at radius 2 is 1.79 bits per heavy atom. The molecule has 2 heterocycles. The number of aryl methyl sites for hydroxylation is 2. The van der Waals surface area contributed by atoms with E-state index in [1.807, 2.05) is 31.2 Å². The lowest BCUT2D eigenvalue weighted by atomic mass is 10.1. The molecule has 1 fully saturated rings. The van der Waals surface area contributed by atoms with Crippen molar-refractivity contribution in [2.24, 2.45) is 0 Å². The molecular weight excluding hydrogens is 418 g/mol. The fourth-order valence-corrected chi connectivity index (χ4v) is 4.62. The van der Waals surface area contributed by atoms with E-state index in [0.29, 0.717) is 17.4 Å². The zero-order valence-corrected chi connectivity index (χ0v) is 18.7. The second kappa shape index (κ2) is 8.69. The number of hydrogen-bond acceptors (Lipinski definition) is 4. The molecule has 33 heavy (non-hydrogen) atoms. The summed E-state index contributed by atoms with van der Waals surface area (Å²) >= 11 is 0. The highest BCUT2D eigenvalue weighted by molar-refractivity contribution is 5.80. The molecule has 1 aliphatic carbocycles. The zero-order chi connectivity index (χ0) is 22.9. The minimum atomic E-state index is -0.314. The maximum atomic E-state index is 13.3. The molecule has 1 N–H and O–H groups in total. The molecule has 8 nitrogen and oxygen atoms in total. The molecule has 1 saturated carbocycles. The van der Waals surface area contributed by atoms with Crippen molar-refractivity contribution in [2.75, 3.05) is 0 Å². The Kier molecular flexibility index (Phi) is 5.58. The molecule has 2 aromatic carbocycles. The van der Waals surface area contributed by atoms with Crippen LogP contribution in [-0.2, 0) is 17.9 Å². The van der Waals surface area contributed by atoms with Crippen LogP contribution >= 0.6 is 0 Å². The van der Waals surface area contributed by atoms with Gasteiger partial charge >= 0.3 is 5.69 Å². The predicted molar refractivity (Wildman–Crippen MR) is 127 cm³/mol. The first-order valence-corrected chi connectivity index (χ1v) is 11.5. The standard InChI is InChI=1S/C25H27N5O3/c1-17-10-12-18(13-11-17)16-29-25(33)30-21-9-5-4-8-20(21)23(32)28(24(30)27-29)15-14-22(31)26-19-6-2-3-7-19/h4-5,8-13,19H,2-3,6-7,14-16H2,1H3,(H,26,31). The van der Waals surface area contributed by atoms with Crippen molar-refractivity contribution < 1.29 is 4.79 Å². The van der Waals surface area contributed by atoms with Crippen LogP contribution in [0.3, 0.4) is 0 Å². The van der Waals surface area contributed by atoms with E-state index < -0.39 is 0 Å². The Morgan fingerprint density at radius 3 is 2.55 bits per heavy atom. The van der Waals surface area contributed by atoms with Gasteiger partial charge in [0, 0.05) is 19.0 Å². The van der Waals surface area contributed by atoms with Crippen LogP contribution in [-0.4, -0.2) is 30.7 Å². The number of carbonyl (C=O) groups is 1. The minimum absolute atomic E-state index is 0.0819. The lowest BCUT2D eigenvalue weighted by Crippen LogP contribution is -2.34. The second-order valence-electron chi connectivity index (χ2n) is 8.83. The van der Waals surface area contributed by atoms with Gasteiger partial charge in [-0.3, -0.25) is 14.2 Å². The summed E-state index contributed by atoms with van der Waals surface area (Å²) in [5.41, 5.74) is 2.03. The Bertz CT molecular complexity index is 1440. The molecule has 1 amide bonds. The number of nitrogens with one attached hydrogen (secondary N) is 1. The van der Waals surface area contributed by atoms with E-state index in [1.54, 1.807) is 24.3 Å². The molecule has 0 radical (unpaired) electrons. The van der Waals surface area contributed by atoms with Gasteiger partial charge in [-0.05, 0) is 37.5 Å². The van der Waals surface area contributed by atoms with Crippen molar-refractivity contribution >= 4 is 22.6 Å². The number of aromatic nitrogens is 4. The van der Waals surface area contributed by atoms with Crippen LogP contribution < -0.4 is 16.6 Å². The highest BCUT2D eigenvalue weighted by atomic mass is 16.2. The van der Waals surface area contributed by atoms with E-state index in [4.69, 9.17) is 0 Å². The fourth-order valence-electron chi connectivity index (χ4n) is 4.62. The smallest absolute Gasteiger partial charge is 0.352 e. The third-order valence-corrected chi connectivity index (χ3v) is 6.42. The van der Waals surface area contributed by atoms with Crippen molar-refractivity contribution in [1.29, 1.82) is 0 Å². The third kappa shape index (κ3) is 4.08. The molecule has 8 heteroatoms. The molecule has 1 aliphatic rings. The van der Waals surface area contributed by atoms with Crippen LogP contribution in [0.1, 0.15) is 43.2 Å². The molecular formula is C25H27N5O3. The van der Waals surface area contributed by atoms with Gasteiger partial charge in [-0.2, -0.15) is 0 Å². The van der Waals surface area contributed by atoms with Gasteiger partial charge in [-0.25, -0.2) is 13.9 Å². The van der Waals surface area contributed by atoms with Gasteiger partial charge in [0.15, 0.2) is 0 Å². The van der Waals surface area contributed by atoms with Crippen LogP contribution in [0.4, 0.5) is 0 Å². The average Bonchev–Trinajstić information content (AvgIpc) is 3.43. The van der Waals surface area contributed by atoms with Crippen molar-refractivity contribution in [3.8, 4) is 0 Å². The maximum absolute atomic E-state index is 13.3. The summed E-state index contributed by atoms with van der Waals surface area (Å²) in [5.74, 6) is 0.172.